The number of hydrogen-bond acceptors (Lipinski definition) is 5. The molecule has 0 radical (unpaired) electrons. The van der Waals surface area contributed by atoms with Gasteiger partial charge in [-0.2, -0.15) is 0 Å². The van der Waals surface area contributed by atoms with Crippen molar-refractivity contribution in [2.75, 3.05) is 0 Å². The lowest BCUT2D eigenvalue weighted by atomic mass is 9.86. The number of carbonyl (C=O) groups excluding carboxylic acids is 1. The van der Waals surface area contributed by atoms with Crippen LogP contribution in [0.5, 0.6) is 0 Å². The van der Waals surface area contributed by atoms with Gasteiger partial charge in [-0.15, -0.1) is 10.2 Å². The highest BCUT2D eigenvalue weighted by molar-refractivity contribution is 8.00. The number of thioether (sulfide) groups is 1. The second kappa shape index (κ2) is 7.54. The first kappa shape index (κ1) is 19.5. The Hall–Kier alpha value is -1.82. The van der Waals surface area contributed by atoms with Crippen molar-refractivity contribution in [3.05, 3.63) is 29.8 Å². The number of rotatable bonds is 4. The zero-order chi connectivity index (χ0) is 19.9. The van der Waals surface area contributed by atoms with Crippen molar-refractivity contribution in [2.24, 2.45) is 0 Å². The number of esters is 1. The zero-order valence-electron chi connectivity index (χ0n) is 17.1. The quantitative estimate of drug-likeness (QED) is 0.665. The van der Waals surface area contributed by atoms with Crippen LogP contribution in [0.15, 0.2) is 29.4 Å². The molecule has 2 aromatic rings. The highest BCUT2D eigenvalue weighted by atomic mass is 32.2. The highest BCUT2D eigenvalue weighted by Crippen LogP contribution is 2.39. The van der Waals surface area contributed by atoms with Crippen LogP contribution < -0.4 is 0 Å². The van der Waals surface area contributed by atoms with Gasteiger partial charge in [0.15, 0.2) is 11.0 Å². The lowest BCUT2D eigenvalue weighted by Crippen LogP contribution is -2.14. The maximum Gasteiger partial charge on any atom is 0.319 e. The van der Waals surface area contributed by atoms with Crippen LogP contribution in [0.1, 0.15) is 71.4 Å². The van der Waals surface area contributed by atoms with E-state index in [-0.39, 0.29) is 22.7 Å². The van der Waals surface area contributed by atoms with E-state index in [1.807, 2.05) is 6.92 Å². The van der Waals surface area contributed by atoms with Gasteiger partial charge in [0.2, 0.25) is 0 Å². The van der Waals surface area contributed by atoms with Crippen molar-refractivity contribution >= 4 is 17.7 Å². The van der Waals surface area contributed by atoms with Gasteiger partial charge in [-0.05, 0) is 30.7 Å². The Balaban J connectivity index is 1.67. The Labute approximate surface area is 171 Å². The number of nitrogens with zero attached hydrogens (tertiary/aromatic N) is 3. The molecule has 5 nitrogen and oxygen atoms in total. The van der Waals surface area contributed by atoms with Crippen molar-refractivity contribution in [1.29, 1.82) is 0 Å². The molecular formula is C22H29N3O2S. The topological polar surface area (TPSA) is 57.0 Å². The molecule has 4 rings (SSSR count). The Morgan fingerprint density at radius 3 is 2.36 bits per heavy atom. The number of carbonyl (C=O) groups is 1. The molecule has 2 fully saturated rings. The first-order valence-electron chi connectivity index (χ1n) is 10.3. The van der Waals surface area contributed by atoms with E-state index in [0.717, 1.165) is 35.8 Å². The fourth-order valence-corrected chi connectivity index (χ4v) is 5.32. The molecule has 0 spiro atoms. The minimum Gasteiger partial charge on any atom is -0.462 e. The zero-order valence-corrected chi connectivity index (χ0v) is 18.0. The molecular weight excluding hydrogens is 370 g/mol. The molecule has 1 saturated heterocycles. The van der Waals surface area contributed by atoms with Gasteiger partial charge in [0.1, 0.15) is 11.4 Å². The van der Waals surface area contributed by atoms with Crippen molar-refractivity contribution < 1.29 is 9.53 Å². The summed E-state index contributed by atoms with van der Waals surface area (Å²) in [6.45, 7) is 8.61. The second-order valence-electron chi connectivity index (χ2n) is 9.03. The van der Waals surface area contributed by atoms with E-state index < -0.39 is 0 Å². The van der Waals surface area contributed by atoms with Crippen LogP contribution in [-0.2, 0) is 14.9 Å². The van der Waals surface area contributed by atoms with Crippen LogP contribution >= 0.6 is 11.8 Å². The van der Waals surface area contributed by atoms with E-state index in [9.17, 15) is 4.79 Å². The van der Waals surface area contributed by atoms with Crippen LogP contribution in [0.4, 0.5) is 0 Å². The fourth-order valence-electron chi connectivity index (χ4n) is 4.11. The van der Waals surface area contributed by atoms with Crippen LogP contribution in [0, 0.1) is 0 Å². The molecule has 1 saturated carbocycles. The highest BCUT2D eigenvalue weighted by Gasteiger charge is 2.35. The maximum atomic E-state index is 12.1. The second-order valence-corrected chi connectivity index (χ2v) is 10.2. The summed E-state index contributed by atoms with van der Waals surface area (Å²) < 4.78 is 7.61. The normalized spacial score (nSPS) is 23.4. The monoisotopic (exact) mass is 399 g/mol. The smallest absolute Gasteiger partial charge is 0.319 e. The predicted molar refractivity (Wildman–Crippen MR) is 111 cm³/mol. The van der Waals surface area contributed by atoms with E-state index in [1.165, 1.54) is 30.2 Å². The van der Waals surface area contributed by atoms with E-state index in [4.69, 9.17) is 4.74 Å². The third kappa shape index (κ3) is 3.84. The van der Waals surface area contributed by atoms with Gasteiger partial charge < -0.3 is 4.74 Å². The average Bonchev–Trinajstić information content (AvgIpc) is 3.35. The number of hydrogen-bond donors (Lipinski definition) is 0. The Kier molecular flexibility index (Phi) is 5.25. The van der Waals surface area contributed by atoms with E-state index >= 15 is 0 Å². The summed E-state index contributed by atoms with van der Waals surface area (Å²) in [5.41, 5.74) is 2.51. The molecule has 1 aliphatic carbocycles. The predicted octanol–water partition coefficient (Wildman–Crippen LogP) is 5.15. The van der Waals surface area contributed by atoms with Crippen LogP contribution in [0.2, 0.25) is 0 Å². The maximum absolute atomic E-state index is 12.1. The van der Waals surface area contributed by atoms with Gasteiger partial charge in [0.05, 0.1) is 0 Å². The summed E-state index contributed by atoms with van der Waals surface area (Å²) in [6.07, 6.45) is 5.47. The van der Waals surface area contributed by atoms with Crippen molar-refractivity contribution in [3.8, 4) is 11.4 Å². The SMILES string of the molecule is C[C@H]1C[C@H](Sc2nnc(-c3ccc(C(C)(C)C)cc3)n2C2CCCC2)C(=O)O1. The number of benzene rings is 1. The first-order valence-corrected chi connectivity index (χ1v) is 11.1. The summed E-state index contributed by atoms with van der Waals surface area (Å²) in [5.74, 6) is 0.781. The van der Waals surface area contributed by atoms with E-state index in [2.05, 4.69) is 59.8 Å². The molecule has 150 valence electrons. The lowest BCUT2D eigenvalue weighted by Gasteiger charge is -2.20. The molecule has 2 atom stereocenters. The summed E-state index contributed by atoms with van der Waals surface area (Å²) in [5, 5.41) is 9.71. The number of cyclic esters (lactones) is 1. The molecule has 6 heteroatoms. The molecule has 1 aromatic carbocycles. The van der Waals surface area contributed by atoms with Gasteiger partial charge >= 0.3 is 5.97 Å². The number of ether oxygens (including phenoxy) is 1. The van der Waals surface area contributed by atoms with E-state index in [0.29, 0.717) is 6.04 Å². The molecule has 2 aliphatic rings. The molecule has 28 heavy (non-hydrogen) atoms. The Bertz CT molecular complexity index is 848. The van der Waals surface area contributed by atoms with Gasteiger partial charge in [-0.1, -0.05) is 69.6 Å². The Morgan fingerprint density at radius 2 is 1.79 bits per heavy atom. The molecule has 1 aliphatic heterocycles. The minimum absolute atomic E-state index is 0.0164. The van der Waals surface area contributed by atoms with Crippen molar-refractivity contribution in [1.82, 2.24) is 14.8 Å². The van der Waals surface area contributed by atoms with Gasteiger partial charge in [0, 0.05) is 18.0 Å². The molecule has 0 amide bonds. The molecule has 0 unspecified atom stereocenters. The minimum atomic E-state index is -0.185. The first-order chi connectivity index (χ1) is 13.3. The number of aromatic nitrogens is 3. The lowest BCUT2D eigenvalue weighted by molar-refractivity contribution is -0.140. The van der Waals surface area contributed by atoms with Crippen LogP contribution in [-0.4, -0.2) is 32.1 Å². The van der Waals surface area contributed by atoms with Crippen molar-refractivity contribution in [2.45, 2.75) is 87.8 Å². The van der Waals surface area contributed by atoms with Gasteiger partial charge in [0.25, 0.3) is 0 Å². The Morgan fingerprint density at radius 1 is 1.11 bits per heavy atom. The largest absolute Gasteiger partial charge is 0.462 e. The average molecular weight is 400 g/mol. The van der Waals surface area contributed by atoms with E-state index in [1.54, 1.807) is 0 Å². The molecule has 0 N–H and O–H groups in total. The molecule has 2 heterocycles. The van der Waals surface area contributed by atoms with Crippen LogP contribution in [0.25, 0.3) is 11.4 Å². The molecule has 1 aromatic heterocycles. The summed E-state index contributed by atoms with van der Waals surface area (Å²) in [4.78, 5) is 12.1. The summed E-state index contributed by atoms with van der Waals surface area (Å²) in [7, 11) is 0. The third-order valence-electron chi connectivity index (χ3n) is 5.74. The van der Waals surface area contributed by atoms with Gasteiger partial charge in [-0.25, -0.2) is 0 Å². The van der Waals surface area contributed by atoms with Crippen LogP contribution in [0.3, 0.4) is 0 Å². The van der Waals surface area contributed by atoms with Crippen molar-refractivity contribution in [3.63, 3.8) is 0 Å². The third-order valence-corrected chi connectivity index (χ3v) is 6.90. The molecule has 0 bridgehead atoms. The summed E-state index contributed by atoms with van der Waals surface area (Å²) in [6, 6.07) is 9.08. The summed E-state index contributed by atoms with van der Waals surface area (Å²) >= 11 is 1.51. The van der Waals surface area contributed by atoms with Gasteiger partial charge in [-0.3, -0.25) is 9.36 Å². The standard InChI is InChI=1S/C22H29N3O2S/c1-14-13-18(20(26)27-14)28-21-24-23-19(25(21)17-7-5-6-8-17)15-9-11-16(12-10-15)22(2,3)4/h9-12,14,17-18H,5-8,13H2,1-4H3/t14-,18-/m0/s1. The fraction of sp³-hybridized carbons (Fsp3) is 0.591.